The molecule has 54 heavy (non-hydrogen) atoms. The minimum absolute atomic E-state index is 0.00864. The Balaban J connectivity index is 0.869. The molecule has 3 aromatic rings. The van der Waals surface area contributed by atoms with Crippen molar-refractivity contribution in [1.29, 1.82) is 0 Å². The second kappa shape index (κ2) is 14.3. The number of nitrogens with zero attached hydrogens (tertiary/aromatic N) is 4. The second-order valence-electron chi connectivity index (χ2n) is 16.7. The molecule has 2 N–H and O–H groups in total. The molecule has 5 aliphatic rings. The third-order valence-corrected chi connectivity index (χ3v) is 12.5. The number of fused-ring (bicyclic) bond motifs is 2. The predicted octanol–water partition coefficient (Wildman–Crippen LogP) is 7.76. The highest BCUT2D eigenvalue weighted by molar-refractivity contribution is 6.04. The highest BCUT2D eigenvalue weighted by atomic mass is 16.5. The van der Waals surface area contributed by atoms with E-state index in [2.05, 4.69) is 89.7 Å². The van der Waals surface area contributed by atoms with E-state index >= 15 is 0 Å². The normalized spacial score (nSPS) is 26.4. The third kappa shape index (κ3) is 6.91. The molecule has 2 aliphatic carbocycles. The first kappa shape index (κ1) is 36.0. The number of aromatic nitrogens is 2. The molecule has 4 heterocycles. The smallest absolute Gasteiger partial charge is 0.407 e. The van der Waals surface area contributed by atoms with E-state index in [9.17, 15) is 14.4 Å². The van der Waals surface area contributed by atoms with Gasteiger partial charge in [-0.05, 0) is 77.2 Å². The summed E-state index contributed by atoms with van der Waals surface area (Å²) in [5.74, 6) is 2.48. The maximum absolute atomic E-state index is 13.8. The van der Waals surface area contributed by atoms with Gasteiger partial charge < -0.3 is 24.8 Å². The lowest BCUT2D eigenvalue weighted by atomic mass is 9.95. The van der Waals surface area contributed by atoms with Gasteiger partial charge >= 0.3 is 6.09 Å². The van der Waals surface area contributed by atoms with Gasteiger partial charge in [-0.1, -0.05) is 95.3 Å². The molecule has 0 bridgehead atoms. The fourth-order valence-electron chi connectivity index (χ4n) is 8.72. The van der Waals surface area contributed by atoms with Crippen molar-refractivity contribution in [3.8, 4) is 11.3 Å². The van der Waals surface area contributed by atoms with Gasteiger partial charge in [0.15, 0.2) is 0 Å². The number of aromatic amines is 1. The average molecular weight is 729 g/mol. The number of alkyl carbamates (subject to hydrolysis) is 1. The molecule has 2 saturated heterocycles. The Morgan fingerprint density at radius 2 is 1.39 bits per heavy atom. The largest absolute Gasteiger partial charge is 0.453 e. The van der Waals surface area contributed by atoms with Gasteiger partial charge in [-0.2, -0.15) is 0 Å². The van der Waals surface area contributed by atoms with Gasteiger partial charge in [0.2, 0.25) is 11.8 Å². The number of nitrogens with one attached hydrogen (secondary N) is 2. The van der Waals surface area contributed by atoms with Crippen molar-refractivity contribution in [2.24, 2.45) is 34.6 Å². The lowest BCUT2D eigenvalue weighted by molar-refractivity contribution is -0.138. The zero-order valence-electron chi connectivity index (χ0n) is 32.2. The molecule has 282 valence electrons. The number of H-pyrrole nitrogens is 1. The fraction of sp³-hybridized carbons (Fsp3) is 0.477. The summed E-state index contributed by atoms with van der Waals surface area (Å²) >= 11 is 0. The van der Waals surface area contributed by atoms with Gasteiger partial charge in [0, 0.05) is 36.3 Å². The van der Waals surface area contributed by atoms with Crippen molar-refractivity contribution >= 4 is 41.3 Å². The van der Waals surface area contributed by atoms with Crippen LogP contribution in [0.4, 0.5) is 4.79 Å². The van der Waals surface area contributed by atoms with Crippen LogP contribution in [-0.4, -0.2) is 74.7 Å². The van der Waals surface area contributed by atoms with Crippen LogP contribution in [-0.2, 0) is 14.3 Å². The fourth-order valence-corrected chi connectivity index (χ4v) is 8.72. The zero-order valence-corrected chi connectivity index (χ0v) is 32.2. The number of carbonyl (C=O) groups is 3. The molecule has 2 saturated carbocycles. The van der Waals surface area contributed by atoms with E-state index in [1.165, 1.54) is 7.11 Å². The lowest BCUT2D eigenvalue weighted by Crippen LogP contribution is -2.54. The molecular formula is C44H52N6O4. The van der Waals surface area contributed by atoms with Crippen molar-refractivity contribution in [3.63, 3.8) is 0 Å². The van der Waals surface area contributed by atoms with Crippen LogP contribution in [0, 0.1) is 29.6 Å². The van der Waals surface area contributed by atoms with Gasteiger partial charge in [0.05, 0.1) is 31.1 Å². The molecule has 2 aromatic carbocycles. The number of rotatable bonds is 11. The Morgan fingerprint density at radius 3 is 1.98 bits per heavy atom. The summed E-state index contributed by atoms with van der Waals surface area (Å²) in [5.41, 5.74) is 7.53. The molecule has 8 atom stereocenters. The predicted molar refractivity (Wildman–Crippen MR) is 211 cm³/mol. The van der Waals surface area contributed by atoms with E-state index in [4.69, 9.17) is 14.7 Å². The molecule has 8 rings (SSSR count). The van der Waals surface area contributed by atoms with Crippen molar-refractivity contribution in [2.45, 2.75) is 96.9 Å². The maximum Gasteiger partial charge on any atom is 0.407 e. The highest BCUT2D eigenvalue weighted by Gasteiger charge is 2.57. The Kier molecular flexibility index (Phi) is 9.56. The minimum Gasteiger partial charge on any atom is -0.453 e. The summed E-state index contributed by atoms with van der Waals surface area (Å²) in [4.78, 5) is 56.4. The number of ether oxygens (including phenoxy) is 1. The van der Waals surface area contributed by atoms with Crippen LogP contribution in [0.3, 0.4) is 0 Å². The first-order chi connectivity index (χ1) is 26.0. The summed E-state index contributed by atoms with van der Waals surface area (Å²) in [6, 6.07) is 16.9. The topological polar surface area (TPSA) is 120 Å². The van der Waals surface area contributed by atoms with Crippen LogP contribution in [0.5, 0.6) is 0 Å². The third-order valence-electron chi connectivity index (χ3n) is 12.5. The van der Waals surface area contributed by atoms with Crippen molar-refractivity contribution in [1.82, 2.24) is 25.1 Å². The number of amides is 3. The summed E-state index contributed by atoms with van der Waals surface area (Å²) in [7, 11) is 1.32. The Hall–Kier alpha value is -4.99. The highest BCUT2D eigenvalue weighted by Crippen LogP contribution is 2.54. The summed E-state index contributed by atoms with van der Waals surface area (Å²) < 4.78 is 4.80. The van der Waals surface area contributed by atoms with Gasteiger partial charge in [0.25, 0.3) is 0 Å². The average Bonchev–Trinajstić information content (AvgIpc) is 3.76. The molecule has 4 fully saturated rings. The van der Waals surface area contributed by atoms with Crippen LogP contribution >= 0.6 is 0 Å². The molecular weight excluding hydrogens is 677 g/mol. The quantitative estimate of drug-likeness (QED) is 0.196. The van der Waals surface area contributed by atoms with Crippen molar-refractivity contribution in [2.75, 3.05) is 7.11 Å². The summed E-state index contributed by atoms with van der Waals surface area (Å²) in [6.45, 7) is 10.2. The lowest BCUT2D eigenvalue weighted by Gasteiger charge is -2.33. The van der Waals surface area contributed by atoms with Crippen molar-refractivity contribution in [3.05, 3.63) is 83.4 Å². The number of benzene rings is 2. The van der Waals surface area contributed by atoms with Crippen LogP contribution in [0.25, 0.3) is 29.0 Å². The number of piperidine rings is 2. The van der Waals surface area contributed by atoms with E-state index in [1.54, 1.807) is 0 Å². The van der Waals surface area contributed by atoms with E-state index < -0.39 is 12.1 Å². The summed E-state index contributed by atoms with van der Waals surface area (Å²) in [5, 5.41) is 2.76. The van der Waals surface area contributed by atoms with Crippen molar-refractivity contribution < 1.29 is 19.1 Å². The second-order valence-corrected chi connectivity index (χ2v) is 16.7. The van der Waals surface area contributed by atoms with Crippen LogP contribution in [0.2, 0.25) is 0 Å². The number of imidazole rings is 1. The number of methoxy groups -OCH3 is 1. The minimum atomic E-state index is -0.632. The molecule has 10 nitrogen and oxygen atoms in total. The number of aliphatic imine (C=N–C) groups is 1. The van der Waals surface area contributed by atoms with Gasteiger partial charge in [0.1, 0.15) is 11.9 Å². The first-order valence-electron chi connectivity index (χ1n) is 19.7. The van der Waals surface area contributed by atoms with Gasteiger partial charge in [-0.3, -0.25) is 14.6 Å². The molecule has 3 amide bonds. The summed E-state index contributed by atoms with van der Waals surface area (Å²) in [6.07, 6.45) is 12.3. The number of likely N-dealkylation sites (tertiary alicyclic amines) is 2. The molecule has 10 heteroatoms. The van der Waals surface area contributed by atoms with Crippen LogP contribution in [0.15, 0.2) is 65.9 Å². The zero-order chi connectivity index (χ0) is 37.8. The maximum atomic E-state index is 13.8. The first-order valence-corrected chi connectivity index (χ1v) is 19.7. The molecule has 0 unspecified atom stereocenters. The van der Waals surface area contributed by atoms with Crippen LogP contribution < -0.4 is 5.32 Å². The Labute approximate surface area is 318 Å². The van der Waals surface area contributed by atoms with E-state index in [0.29, 0.717) is 30.2 Å². The Bertz CT molecular complexity index is 2010. The molecule has 1 aromatic heterocycles. The van der Waals surface area contributed by atoms with E-state index in [-0.39, 0.29) is 41.8 Å². The molecule has 0 radical (unpaired) electrons. The Morgan fingerprint density at radius 1 is 0.796 bits per heavy atom. The number of hydrogen-bond donors (Lipinski definition) is 2. The van der Waals surface area contributed by atoms with Gasteiger partial charge in [-0.15, -0.1) is 0 Å². The standard InChI is InChI=1S/C44H52N6O4/c1-24(2)26(5)42(51)50-37-19-32(37)21-39(50)41-46-23-35(47-41)30-15-11-28(12-16-30)8-7-27-9-13-29(14-10-27)33-17-34(45-22-33)38-20-31-18-36(31)49(38)43(52)40(25(3)4)48-44(53)54-6/h7-16,22-26,31-32,36-40H,17-21H2,1-6H3,(H,46,47)(H,48,53)/b8-7+/t26-,31+,32+,36+,37+,38-,39-,40-/m0/s1. The molecule has 3 aliphatic heterocycles. The van der Waals surface area contributed by atoms with Gasteiger partial charge in [-0.25, -0.2) is 9.78 Å². The molecule has 0 spiro atoms. The van der Waals surface area contributed by atoms with E-state index in [0.717, 1.165) is 70.7 Å². The SMILES string of the molecule is COC(=O)N[C@H](C(=O)N1[C@@H]2C[C@@H]2C[C@H]1C1=NC=C(c2ccc(/C=C/c3ccc(-c4cnc([C@@H]5C[C@H]6C[C@H]6N5C(=O)[C@@H](C)C(C)C)[nH]4)cc3)cc2)C1)C(C)C. The van der Waals surface area contributed by atoms with Crippen LogP contribution in [0.1, 0.15) is 95.3 Å². The van der Waals surface area contributed by atoms with E-state index in [1.807, 2.05) is 38.1 Å². The number of hydrogen-bond acceptors (Lipinski definition) is 6. The monoisotopic (exact) mass is 728 g/mol. The number of allylic oxidation sites excluding steroid dienone is 1. The number of carbonyl (C=O) groups excluding carboxylic acids is 3.